The molecule has 0 saturated carbocycles. The van der Waals surface area contributed by atoms with Gasteiger partial charge in [0.2, 0.25) is 0 Å². The van der Waals surface area contributed by atoms with E-state index in [0.29, 0.717) is 0 Å². The number of anilines is 1. The van der Waals surface area contributed by atoms with E-state index in [1.54, 1.807) is 7.11 Å². The van der Waals surface area contributed by atoms with Gasteiger partial charge in [0.1, 0.15) is 5.75 Å². The number of hydrogen-bond donors (Lipinski definition) is 1. The second kappa shape index (κ2) is 13.2. The molecular weight excluding hydrogens is 491 g/mol. The Morgan fingerprint density at radius 1 is 1.00 bits per heavy atom. The molecule has 7 nitrogen and oxygen atoms in total. The fourth-order valence-electron chi connectivity index (χ4n) is 4.11. The number of nitrogens with one attached hydrogen (secondary N) is 1. The third-order valence-electron chi connectivity index (χ3n) is 6.00. The minimum atomic E-state index is 0. The zero-order chi connectivity index (χ0) is 20.5. The van der Waals surface area contributed by atoms with Gasteiger partial charge in [0.15, 0.2) is 5.96 Å². The summed E-state index contributed by atoms with van der Waals surface area (Å²) in [4.78, 5) is 14.3. The zero-order valence-corrected chi connectivity index (χ0v) is 21.2. The molecule has 0 radical (unpaired) electrons. The van der Waals surface area contributed by atoms with Gasteiger partial charge in [0, 0.05) is 66.0 Å². The van der Waals surface area contributed by atoms with Crippen LogP contribution < -0.4 is 15.0 Å². The number of aliphatic imine (C=N–C) groups is 1. The molecule has 2 heterocycles. The molecule has 1 aromatic carbocycles. The monoisotopic (exact) mass is 530 g/mol. The van der Waals surface area contributed by atoms with Crippen LogP contribution in [-0.2, 0) is 0 Å². The Balaban J connectivity index is 0.00000320. The van der Waals surface area contributed by atoms with Gasteiger partial charge in [-0.05, 0) is 38.6 Å². The molecule has 0 aromatic heterocycles. The predicted octanol–water partition coefficient (Wildman–Crippen LogP) is 2.04. The topological polar surface area (TPSA) is 46.6 Å². The second-order valence-electron chi connectivity index (χ2n) is 7.97. The van der Waals surface area contributed by atoms with Crippen molar-refractivity contribution in [2.45, 2.75) is 12.8 Å². The molecule has 0 atom stereocenters. The maximum absolute atomic E-state index is 5.52. The van der Waals surface area contributed by atoms with Crippen LogP contribution in [0.25, 0.3) is 0 Å². The van der Waals surface area contributed by atoms with E-state index in [9.17, 15) is 0 Å². The number of piperazine rings is 2. The van der Waals surface area contributed by atoms with Gasteiger partial charge < -0.3 is 29.7 Å². The Morgan fingerprint density at radius 3 is 2.37 bits per heavy atom. The largest absolute Gasteiger partial charge is 0.495 e. The standard InChI is InChI=1S/C22H38N6O.HI/c1-23-22(24-10-6-7-11-26-14-12-25(2)13-15-26)28-18-16-27(17-19-28)20-8-4-5-9-21(20)29-3;/h4-5,8-9H,6-7,10-19H2,1-3H3,(H,23,24);1H. The highest BCUT2D eigenvalue weighted by molar-refractivity contribution is 14.0. The normalized spacial score (nSPS) is 18.8. The number of guanidine groups is 1. The summed E-state index contributed by atoms with van der Waals surface area (Å²) in [6.45, 7) is 10.9. The van der Waals surface area contributed by atoms with Crippen molar-refractivity contribution in [3.8, 4) is 5.75 Å². The molecule has 2 aliphatic heterocycles. The van der Waals surface area contributed by atoms with E-state index < -0.39 is 0 Å². The lowest BCUT2D eigenvalue weighted by molar-refractivity contribution is 0.152. The number of nitrogens with zero attached hydrogens (tertiary/aromatic N) is 5. The number of likely N-dealkylation sites (N-methyl/N-ethyl adjacent to an activating group) is 1. The fourth-order valence-corrected chi connectivity index (χ4v) is 4.11. The summed E-state index contributed by atoms with van der Waals surface area (Å²) in [5, 5.41) is 3.57. The van der Waals surface area contributed by atoms with Gasteiger partial charge in [-0.15, -0.1) is 24.0 Å². The highest BCUT2D eigenvalue weighted by atomic mass is 127. The van der Waals surface area contributed by atoms with Crippen molar-refractivity contribution in [2.75, 3.05) is 91.6 Å². The summed E-state index contributed by atoms with van der Waals surface area (Å²) < 4.78 is 5.52. The van der Waals surface area contributed by atoms with Crippen LogP contribution in [0.15, 0.2) is 29.3 Å². The van der Waals surface area contributed by atoms with Gasteiger partial charge in [-0.1, -0.05) is 12.1 Å². The lowest BCUT2D eigenvalue weighted by atomic mass is 10.2. The average molecular weight is 530 g/mol. The number of halogens is 1. The van der Waals surface area contributed by atoms with Crippen LogP contribution in [0.4, 0.5) is 5.69 Å². The van der Waals surface area contributed by atoms with Crippen LogP contribution in [0.5, 0.6) is 5.75 Å². The first-order chi connectivity index (χ1) is 14.2. The molecule has 0 bridgehead atoms. The first-order valence-electron chi connectivity index (χ1n) is 11.0. The summed E-state index contributed by atoms with van der Waals surface area (Å²) in [6.07, 6.45) is 2.43. The van der Waals surface area contributed by atoms with E-state index in [1.165, 1.54) is 51.3 Å². The summed E-state index contributed by atoms with van der Waals surface area (Å²) in [6, 6.07) is 8.27. The molecule has 2 aliphatic rings. The Kier molecular flexibility index (Phi) is 11.0. The number of unbranched alkanes of at least 4 members (excludes halogenated alkanes) is 1. The van der Waals surface area contributed by atoms with E-state index in [2.05, 4.69) is 49.1 Å². The quantitative estimate of drug-likeness (QED) is 0.252. The van der Waals surface area contributed by atoms with E-state index in [-0.39, 0.29) is 24.0 Å². The lowest BCUT2D eigenvalue weighted by Gasteiger charge is -2.38. The number of para-hydroxylation sites is 2. The summed E-state index contributed by atoms with van der Waals surface area (Å²) in [5.41, 5.74) is 1.18. The first-order valence-corrected chi connectivity index (χ1v) is 11.0. The minimum absolute atomic E-state index is 0. The molecular formula is C22H39IN6O. The number of hydrogen-bond acceptors (Lipinski definition) is 5. The molecule has 1 N–H and O–H groups in total. The van der Waals surface area contributed by atoms with Crippen LogP contribution in [-0.4, -0.2) is 107 Å². The van der Waals surface area contributed by atoms with Crippen LogP contribution >= 0.6 is 24.0 Å². The molecule has 0 aliphatic carbocycles. The maximum Gasteiger partial charge on any atom is 0.193 e. The highest BCUT2D eigenvalue weighted by Gasteiger charge is 2.21. The minimum Gasteiger partial charge on any atom is -0.495 e. The fraction of sp³-hybridized carbons (Fsp3) is 0.682. The van der Waals surface area contributed by atoms with Gasteiger partial charge in [0.05, 0.1) is 12.8 Å². The Labute approximate surface area is 199 Å². The Bertz CT molecular complexity index is 642. The number of benzene rings is 1. The molecule has 0 amide bonds. The Morgan fingerprint density at radius 2 is 1.70 bits per heavy atom. The van der Waals surface area contributed by atoms with Gasteiger partial charge in [-0.25, -0.2) is 0 Å². The van der Waals surface area contributed by atoms with Crippen molar-refractivity contribution in [3.63, 3.8) is 0 Å². The van der Waals surface area contributed by atoms with Gasteiger partial charge >= 0.3 is 0 Å². The highest BCUT2D eigenvalue weighted by Crippen LogP contribution is 2.28. The molecule has 1 aromatic rings. The zero-order valence-electron chi connectivity index (χ0n) is 18.8. The van der Waals surface area contributed by atoms with Crippen molar-refractivity contribution in [1.29, 1.82) is 0 Å². The van der Waals surface area contributed by atoms with Crippen molar-refractivity contribution in [1.82, 2.24) is 20.0 Å². The van der Waals surface area contributed by atoms with E-state index in [4.69, 9.17) is 4.74 Å². The lowest BCUT2D eigenvalue weighted by Crippen LogP contribution is -2.52. The summed E-state index contributed by atoms with van der Waals surface area (Å²) in [7, 11) is 5.84. The van der Waals surface area contributed by atoms with Crippen LogP contribution in [0.2, 0.25) is 0 Å². The number of methoxy groups -OCH3 is 1. The number of ether oxygens (including phenoxy) is 1. The molecule has 30 heavy (non-hydrogen) atoms. The third-order valence-corrected chi connectivity index (χ3v) is 6.00. The molecule has 0 unspecified atom stereocenters. The molecule has 170 valence electrons. The average Bonchev–Trinajstić information content (AvgIpc) is 2.77. The first kappa shape index (κ1) is 25.0. The molecule has 3 rings (SSSR count). The number of rotatable bonds is 7. The summed E-state index contributed by atoms with van der Waals surface area (Å²) in [5.74, 6) is 1.98. The molecule has 2 fully saturated rings. The maximum atomic E-state index is 5.52. The van der Waals surface area contributed by atoms with Gasteiger partial charge in [0.25, 0.3) is 0 Å². The van der Waals surface area contributed by atoms with Crippen molar-refractivity contribution >= 4 is 35.6 Å². The SMILES string of the molecule is CN=C(NCCCCN1CCN(C)CC1)N1CCN(c2ccccc2OC)CC1.I. The van der Waals surface area contributed by atoms with Crippen LogP contribution in [0.1, 0.15) is 12.8 Å². The third kappa shape index (κ3) is 7.16. The smallest absolute Gasteiger partial charge is 0.193 e. The van der Waals surface area contributed by atoms with Crippen molar-refractivity contribution < 1.29 is 4.74 Å². The van der Waals surface area contributed by atoms with Crippen molar-refractivity contribution in [3.05, 3.63) is 24.3 Å². The second-order valence-corrected chi connectivity index (χ2v) is 7.97. The van der Waals surface area contributed by atoms with E-state index in [1.807, 2.05) is 19.2 Å². The Hall–Kier alpha value is -1.26. The van der Waals surface area contributed by atoms with E-state index in [0.717, 1.165) is 44.4 Å². The van der Waals surface area contributed by atoms with Crippen LogP contribution in [0, 0.1) is 0 Å². The van der Waals surface area contributed by atoms with Crippen LogP contribution in [0.3, 0.4) is 0 Å². The van der Waals surface area contributed by atoms with E-state index >= 15 is 0 Å². The van der Waals surface area contributed by atoms with Crippen molar-refractivity contribution in [2.24, 2.45) is 4.99 Å². The van der Waals surface area contributed by atoms with Gasteiger partial charge in [-0.2, -0.15) is 0 Å². The van der Waals surface area contributed by atoms with Gasteiger partial charge in [-0.3, -0.25) is 4.99 Å². The molecule has 0 spiro atoms. The molecule has 2 saturated heterocycles. The summed E-state index contributed by atoms with van der Waals surface area (Å²) >= 11 is 0. The molecule has 8 heteroatoms. The predicted molar refractivity (Wildman–Crippen MR) is 137 cm³/mol.